The highest BCUT2D eigenvalue weighted by molar-refractivity contribution is 5.69. The fourth-order valence-corrected chi connectivity index (χ4v) is 1.07. The second kappa shape index (κ2) is 5.53. The molecule has 1 aliphatic rings. The van der Waals surface area contributed by atoms with Gasteiger partial charge in [-0.05, 0) is 12.8 Å². The molecule has 0 aromatic rings. The Morgan fingerprint density at radius 3 is 1.69 bits per heavy atom. The Labute approximate surface area is 75.8 Å². The van der Waals surface area contributed by atoms with E-state index >= 15 is 0 Å². The van der Waals surface area contributed by atoms with Crippen LogP contribution in [0.15, 0.2) is 0 Å². The van der Waals surface area contributed by atoms with Gasteiger partial charge < -0.3 is 0 Å². The van der Waals surface area contributed by atoms with Crippen LogP contribution in [0.25, 0.3) is 0 Å². The average Bonchev–Trinajstić information content (AvgIpc) is 2.13. The van der Waals surface area contributed by atoms with Crippen LogP contribution in [-0.2, 0) is 24.4 Å². The zero-order valence-electron chi connectivity index (χ0n) is 7.28. The molecule has 74 valence electrons. The van der Waals surface area contributed by atoms with Crippen LogP contribution in [0.2, 0.25) is 0 Å². The summed E-state index contributed by atoms with van der Waals surface area (Å²) >= 11 is 0. The zero-order valence-corrected chi connectivity index (χ0v) is 7.28. The van der Waals surface area contributed by atoms with Crippen molar-refractivity contribution in [3.63, 3.8) is 0 Å². The van der Waals surface area contributed by atoms with Crippen LogP contribution < -0.4 is 0 Å². The van der Waals surface area contributed by atoms with Gasteiger partial charge in [0.25, 0.3) is 0 Å². The third kappa shape index (κ3) is 4.47. The van der Waals surface area contributed by atoms with Crippen molar-refractivity contribution in [1.82, 2.24) is 0 Å². The molecular formula is C8H12O5. The largest absolute Gasteiger partial charge is 0.346 e. The zero-order chi connectivity index (χ0) is 9.52. The molecule has 13 heavy (non-hydrogen) atoms. The fourth-order valence-electron chi connectivity index (χ4n) is 1.07. The number of carbonyl (C=O) groups excluding carboxylic acids is 2. The predicted molar refractivity (Wildman–Crippen MR) is 41.0 cm³/mol. The van der Waals surface area contributed by atoms with Gasteiger partial charge in [0, 0.05) is 17.9 Å². The van der Waals surface area contributed by atoms with Crippen LogP contribution in [0, 0.1) is 0 Å². The van der Waals surface area contributed by atoms with Crippen LogP contribution in [0.5, 0.6) is 0 Å². The van der Waals surface area contributed by atoms with Crippen molar-refractivity contribution in [3.8, 4) is 0 Å². The normalized spacial score (nSPS) is 21.2. The van der Waals surface area contributed by atoms with Crippen LogP contribution in [-0.4, -0.2) is 11.9 Å². The van der Waals surface area contributed by atoms with Gasteiger partial charge in [0.1, 0.15) is 0 Å². The average molecular weight is 188 g/mol. The van der Waals surface area contributed by atoms with E-state index in [1.54, 1.807) is 0 Å². The summed E-state index contributed by atoms with van der Waals surface area (Å²) in [6, 6.07) is 0. The molecule has 0 aromatic heterocycles. The summed E-state index contributed by atoms with van der Waals surface area (Å²) in [4.78, 5) is 29.9. The standard InChI is InChI=1S/C8H12O5/c9-7-5-3-1-2-4-6-8(10)12-13-11-7/h1-6H2. The Morgan fingerprint density at radius 2 is 1.23 bits per heavy atom. The minimum atomic E-state index is -0.505. The summed E-state index contributed by atoms with van der Waals surface area (Å²) in [5.74, 6) is -1.01. The maximum atomic E-state index is 10.8. The lowest BCUT2D eigenvalue weighted by molar-refractivity contribution is -0.459. The van der Waals surface area contributed by atoms with Crippen molar-refractivity contribution in [2.24, 2.45) is 0 Å². The molecule has 0 N–H and O–H groups in total. The van der Waals surface area contributed by atoms with Gasteiger partial charge in [-0.1, -0.05) is 12.8 Å². The van der Waals surface area contributed by atoms with Crippen LogP contribution in [0.4, 0.5) is 0 Å². The van der Waals surface area contributed by atoms with E-state index in [2.05, 4.69) is 14.8 Å². The van der Waals surface area contributed by atoms with E-state index in [-0.39, 0.29) is 0 Å². The highest BCUT2D eigenvalue weighted by atomic mass is 17.5. The molecule has 0 aliphatic carbocycles. The van der Waals surface area contributed by atoms with Gasteiger partial charge >= 0.3 is 11.9 Å². The van der Waals surface area contributed by atoms with Crippen molar-refractivity contribution >= 4 is 11.9 Å². The van der Waals surface area contributed by atoms with Gasteiger partial charge in [0.2, 0.25) is 0 Å². The minimum Gasteiger partial charge on any atom is -0.260 e. The Bertz CT molecular complexity index is 169. The second-order valence-electron chi connectivity index (χ2n) is 2.89. The van der Waals surface area contributed by atoms with Crippen molar-refractivity contribution < 1.29 is 24.4 Å². The summed E-state index contributed by atoms with van der Waals surface area (Å²) in [6.45, 7) is 0. The van der Waals surface area contributed by atoms with E-state index in [0.717, 1.165) is 25.7 Å². The molecule has 0 radical (unpaired) electrons. The molecule has 1 aliphatic heterocycles. The Kier molecular flexibility index (Phi) is 4.25. The van der Waals surface area contributed by atoms with Gasteiger partial charge in [-0.15, -0.1) is 0 Å². The van der Waals surface area contributed by atoms with E-state index in [9.17, 15) is 9.59 Å². The quantitative estimate of drug-likeness (QED) is 0.536. The maximum absolute atomic E-state index is 10.8. The van der Waals surface area contributed by atoms with Crippen LogP contribution in [0.3, 0.4) is 0 Å². The molecule has 0 bridgehead atoms. The number of rotatable bonds is 0. The van der Waals surface area contributed by atoms with Gasteiger partial charge in [-0.25, -0.2) is 9.59 Å². The summed E-state index contributed by atoms with van der Waals surface area (Å²) in [5.41, 5.74) is 0. The molecule has 0 unspecified atom stereocenters. The maximum Gasteiger partial charge on any atom is 0.346 e. The molecule has 1 heterocycles. The predicted octanol–water partition coefficient (Wildman–Crippen LogP) is 1.27. The van der Waals surface area contributed by atoms with Gasteiger partial charge in [0.05, 0.1) is 0 Å². The van der Waals surface area contributed by atoms with E-state index < -0.39 is 11.9 Å². The van der Waals surface area contributed by atoms with E-state index in [4.69, 9.17) is 0 Å². The lowest BCUT2D eigenvalue weighted by atomic mass is 10.1. The third-order valence-corrected chi connectivity index (χ3v) is 1.77. The topological polar surface area (TPSA) is 61.8 Å². The molecule has 0 saturated carbocycles. The third-order valence-electron chi connectivity index (χ3n) is 1.77. The van der Waals surface area contributed by atoms with Crippen molar-refractivity contribution in [3.05, 3.63) is 0 Å². The summed E-state index contributed by atoms with van der Waals surface area (Å²) in [5, 5.41) is 3.99. The summed E-state index contributed by atoms with van der Waals surface area (Å²) in [7, 11) is 0. The Balaban J connectivity index is 2.31. The van der Waals surface area contributed by atoms with Crippen molar-refractivity contribution in [2.45, 2.75) is 38.5 Å². The van der Waals surface area contributed by atoms with Crippen molar-refractivity contribution in [2.75, 3.05) is 0 Å². The van der Waals surface area contributed by atoms with E-state index in [1.807, 2.05) is 0 Å². The first-order valence-electron chi connectivity index (χ1n) is 4.36. The molecule has 5 heteroatoms. The highest BCUT2D eigenvalue weighted by Crippen LogP contribution is 2.08. The lowest BCUT2D eigenvalue weighted by Crippen LogP contribution is -2.09. The van der Waals surface area contributed by atoms with Gasteiger partial charge in [-0.2, -0.15) is 0 Å². The molecule has 1 saturated heterocycles. The molecule has 1 rings (SSSR count). The Hall–Kier alpha value is -1.10. The van der Waals surface area contributed by atoms with E-state index in [0.29, 0.717) is 12.8 Å². The molecular weight excluding hydrogens is 176 g/mol. The smallest absolute Gasteiger partial charge is 0.260 e. The molecule has 0 amide bonds. The molecule has 0 aromatic carbocycles. The fraction of sp³-hybridized carbons (Fsp3) is 0.750. The number of carbonyl (C=O) groups is 2. The number of hydrogen-bond donors (Lipinski definition) is 0. The van der Waals surface area contributed by atoms with Crippen LogP contribution in [0.1, 0.15) is 38.5 Å². The molecule has 1 fully saturated rings. The first-order valence-corrected chi connectivity index (χ1v) is 4.36. The summed E-state index contributed by atoms with van der Waals surface area (Å²) in [6.07, 6.45) is 3.96. The summed E-state index contributed by atoms with van der Waals surface area (Å²) < 4.78 is 0. The minimum absolute atomic E-state index is 0.303. The Morgan fingerprint density at radius 1 is 0.769 bits per heavy atom. The van der Waals surface area contributed by atoms with E-state index in [1.165, 1.54) is 0 Å². The van der Waals surface area contributed by atoms with Crippen molar-refractivity contribution in [1.29, 1.82) is 0 Å². The molecule has 5 nitrogen and oxygen atoms in total. The SMILES string of the molecule is O=C1CCCCCCC(=O)OOO1. The van der Waals surface area contributed by atoms with Crippen LogP contribution >= 0.6 is 0 Å². The molecule has 0 atom stereocenters. The number of hydrogen-bond acceptors (Lipinski definition) is 5. The van der Waals surface area contributed by atoms with Gasteiger partial charge in [-0.3, -0.25) is 9.78 Å². The second-order valence-corrected chi connectivity index (χ2v) is 2.89. The first kappa shape index (κ1) is 9.98. The highest BCUT2D eigenvalue weighted by Gasteiger charge is 2.10. The van der Waals surface area contributed by atoms with Gasteiger partial charge in [0.15, 0.2) is 0 Å². The monoisotopic (exact) mass is 188 g/mol. The molecule has 0 spiro atoms. The lowest BCUT2D eigenvalue weighted by Gasteiger charge is -1.99. The first-order chi connectivity index (χ1) is 6.29.